The van der Waals surface area contributed by atoms with Crippen LogP contribution < -0.4 is 0 Å². The van der Waals surface area contributed by atoms with Crippen molar-refractivity contribution in [1.82, 2.24) is 9.97 Å². The molecule has 0 fully saturated rings. The standard InChI is InChI=1S/C7H8.2C6H7N/c1-7-5-3-2-4-6-7;1-6-3-2-4-7-5-6;1-6-4-2-3-5-7-6/h2-6H,1H3;2*2-5H,1H3. The lowest BCUT2D eigenvalue weighted by molar-refractivity contribution is 1.20. The second-order valence-corrected chi connectivity index (χ2v) is 4.66. The van der Waals surface area contributed by atoms with Gasteiger partial charge in [0.2, 0.25) is 0 Å². The summed E-state index contributed by atoms with van der Waals surface area (Å²) in [5.74, 6) is 0. The molecule has 0 aliphatic heterocycles. The van der Waals surface area contributed by atoms with Gasteiger partial charge in [-0.3, -0.25) is 9.97 Å². The molecule has 0 saturated carbocycles. The minimum absolute atomic E-state index is 1.07. The lowest BCUT2D eigenvalue weighted by atomic mass is 10.2. The topological polar surface area (TPSA) is 25.8 Å². The highest BCUT2D eigenvalue weighted by Crippen LogP contribution is 1.92. The van der Waals surface area contributed by atoms with Crippen LogP contribution in [0.3, 0.4) is 0 Å². The SMILES string of the molecule is Cc1ccccc1.Cc1ccccn1.Cc1cccnc1. The quantitative estimate of drug-likeness (QED) is 0.591. The summed E-state index contributed by atoms with van der Waals surface area (Å²) in [5, 5.41) is 0. The average Bonchev–Trinajstić information content (AvgIpc) is 2.51. The van der Waals surface area contributed by atoms with Gasteiger partial charge in [0.05, 0.1) is 0 Å². The first kappa shape index (κ1) is 16.6. The van der Waals surface area contributed by atoms with E-state index in [1.807, 2.05) is 68.6 Å². The zero-order chi connectivity index (χ0) is 15.3. The number of benzene rings is 1. The van der Waals surface area contributed by atoms with Crippen molar-refractivity contribution < 1.29 is 0 Å². The maximum absolute atomic E-state index is 3.98. The van der Waals surface area contributed by atoms with E-state index in [0.29, 0.717) is 0 Å². The Hall–Kier alpha value is -2.48. The van der Waals surface area contributed by atoms with Crippen LogP contribution in [-0.4, -0.2) is 9.97 Å². The van der Waals surface area contributed by atoms with Gasteiger partial charge in [-0.25, -0.2) is 0 Å². The molecule has 2 nitrogen and oxygen atoms in total. The zero-order valence-electron chi connectivity index (χ0n) is 12.9. The van der Waals surface area contributed by atoms with Gasteiger partial charge in [-0.1, -0.05) is 48.0 Å². The number of pyridine rings is 2. The number of aryl methyl sites for hydroxylation is 3. The zero-order valence-corrected chi connectivity index (χ0v) is 12.9. The second-order valence-electron chi connectivity index (χ2n) is 4.66. The number of hydrogen-bond donors (Lipinski definition) is 0. The Morgan fingerprint density at radius 2 is 1.29 bits per heavy atom. The molecular weight excluding hydrogens is 256 g/mol. The van der Waals surface area contributed by atoms with E-state index in [1.54, 1.807) is 12.4 Å². The second kappa shape index (κ2) is 10.3. The molecule has 0 spiro atoms. The third-order valence-electron chi connectivity index (χ3n) is 2.56. The first-order chi connectivity index (χ1) is 10.2. The Labute approximate surface area is 127 Å². The summed E-state index contributed by atoms with van der Waals surface area (Å²) in [6.45, 7) is 6.08. The van der Waals surface area contributed by atoms with E-state index in [-0.39, 0.29) is 0 Å². The fourth-order valence-corrected chi connectivity index (χ4v) is 1.43. The van der Waals surface area contributed by atoms with E-state index >= 15 is 0 Å². The van der Waals surface area contributed by atoms with Crippen molar-refractivity contribution in [3.05, 3.63) is 96.1 Å². The molecule has 0 amide bonds. The Bertz CT molecular complexity index is 489. The van der Waals surface area contributed by atoms with Crippen LogP contribution in [0.25, 0.3) is 0 Å². The molecule has 108 valence electrons. The highest BCUT2D eigenvalue weighted by Gasteiger charge is 1.74. The lowest BCUT2D eigenvalue weighted by Crippen LogP contribution is -1.72. The van der Waals surface area contributed by atoms with Gasteiger partial charge in [0.15, 0.2) is 0 Å². The normalized spacial score (nSPS) is 8.71. The predicted octanol–water partition coefficient (Wildman–Crippen LogP) is 4.78. The fourth-order valence-electron chi connectivity index (χ4n) is 1.43. The number of hydrogen-bond acceptors (Lipinski definition) is 2. The molecule has 0 aliphatic carbocycles. The Morgan fingerprint density at radius 3 is 1.57 bits per heavy atom. The monoisotopic (exact) mass is 278 g/mol. The molecule has 0 radical (unpaired) electrons. The first-order valence-electron chi connectivity index (χ1n) is 6.94. The number of aromatic nitrogens is 2. The molecule has 0 aliphatic rings. The number of nitrogens with zero attached hydrogens (tertiary/aromatic N) is 2. The minimum Gasteiger partial charge on any atom is -0.264 e. The van der Waals surface area contributed by atoms with Crippen molar-refractivity contribution in [2.75, 3.05) is 0 Å². The van der Waals surface area contributed by atoms with Crippen molar-refractivity contribution >= 4 is 0 Å². The van der Waals surface area contributed by atoms with E-state index < -0.39 is 0 Å². The van der Waals surface area contributed by atoms with Gasteiger partial charge in [-0.2, -0.15) is 0 Å². The van der Waals surface area contributed by atoms with Gasteiger partial charge in [0.1, 0.15) is 0 Å². The van der Waals surface area contributed by atoms with Crippen LogP contribution in [-0.2, 0) is 0 Å². The average molecular weight is 278 g/mol. The summed E-state index contributed by atoms with van der Waals surface area (Å²) in [5.41, 5.74) is 3.60. The van der Waals surface area contributed by atoms with Crippen molar-refractivity contribution in [3.63, 3.8) is 0 Å². The van der Waals surface area contributed by atoms with E-state index in [9.17, 15) is 0 Å². The Morgan fingerprint density at radius 1 is 0.619 bits per heavy atom. The highest BCUT2D eigenvalue weighted by atomic mass is 14.6. The van der Waals surface area contributed by atoms with Crippen molar-refractivity contribution in [2.24, 2.45) is 0 Å². The molecule has 0 saturated heterocycles. The molecule has 2 heterocycles. The maximum atomic E-state index is 3.98. The van der Waals surface area contributed by atoms with Crippen LogP contribution >= 0.6 is 0 Å². The molecule has 3 aromatic rings. The molecule has 2 heteroatoms. The summed E-state index contributed by atoms with van der Waals surface area (Å²) < 4.78 is 0. The van der Waals surface area contributed by atoms with Crippen LogP contribution in [0.1, 0.15) is 16.8 Å². The smallest absolute Gasteiger partial charge is 0.0372 e. The summed E-state index contributed by atoms with van der Waals surface area (Å²) in [6, 6.07) is 20.1. The van der Waals surface area contributed by atoms with Crippen molar-refractivity contribution in [3.8, 4) is 0 Å². The highest BCUT2D eigenvalue weighted by molar-refractivity contribution is 5.11. The summed E-state index contributed by atoms with van der Waals surface area (Å²) in [6.07, 6.45) is 5.39. The van der Waals surface area contributed by atoms with Gasteiger partial charge in [0.25, 0.3) is 0 Å². The summed E-state index contributed by atoms with van der Waals surface area (Å²) in [4.78, 5) is 7.86. The molecule has 0 unspecified atom stereocenters. The summed E-state index contributed by atoms with van der Waals surface area (Å²) >= 11 is 0. The molecule has 3 rings (SSSR count). The molecule has 2 aromatic heterocycles. The minimum atomic E-state index is 1.07. The molecule has 0 N–H and O–H groups in total. The third kappa shape index (κ3) is 9.11. The van der Waals surface area contributed by atoms with Gasteiger partial charge in [0, 0.05) is 24.3 Å². The van der Waals surface area contributed by atoms with Crippen molar-refractivity contribution in [2.45, 2.75) is 20.8 Å². The van der Waals surface area contributed by atoms with Gasteiger partial charge >= 0.3 is 0 Å². The molecule has 1 aromatic carbocycles. The molecule has 0 bridgehead atoms. The van der Waals surface area contributed by atoms with Crippen LogP contribution in [0.15, 0.2) is 79.3 Å². The van der Waals surface area contributed by atoms with E-state index in [1.165, 1.54) is 11.1 Å². The number of rotatable bonds is 0. The van der Waals surface area contributed by atoms with E-state index in [4.69, 9.17) is 0 Å². The van der Waals surface area contributed by atoms with Crippen LogP contribution in [0, 0.1) is 20.8 Å². The Balaban J connectivity index is 0.000000157. The largest absolute Gasteiger partial charge is 0.264 e. The van der Waals surface area contributed by atoms with Gasteiger partial charge < -0.3 is 0 Å². The van der Waals surface area contributed by atoms with Crippen molar-refractivity contribution in [1.29, 1.82) is 0 Å². The predicted molar refractivity (Wildman–Crippen MR) is 89.1 cm³/mol. The van der Waals surface area contributed by atoms with Crippen LogP contribution in [0.4, 0.5) is 0 Å². The maximum Gasteiger partial charge on any atom is 0.0372 e. The summed E-state index contributed by atoms with van der Waals surface area (Å²) in [7, 11) is 0. The molecular formula is C19H22N2. The first-order valence-corrected chi connectivity index (χ1v) is 6.94. The Kier molecular flexibility index (Phi) is 8.15. The van der Waals surface area contributed by atoms with Gasteiger partial charge in [-0.15, -0.1) is 0 Å². The van der Waals surface area contributed by atoms with Crippen LogP contribution in [0.5, 0.6) is 0 Å². The van der Waals surface area contributed by atoms with Crippen LogP contribution in [0.2, 0.25) is 0 Å². The lowest BCUT2D eigenvalue weighted by Gasteiger charge is -1.82. The van der Waals surface area contributed by atoms with E-state index in [2.05, 4.69) is 29.0 Å². The molecule has 0 atom stereocenters. The third-order valence-corrected chi connectivity index (χ3v) is 2.56. The molecule has 21 heavy (non-hydrogen) atoms. The van der Waals surface area contributed by atoms with Gasteiger partial charge in [-0.05, 0) is 44.5 Å². The fraction of sp³-hybridized carbons (Fsp3) is 0.158. The van der Waals surface area contributed by atoms with E-state index in [0.717, 1.165) is 5.69 Å².